The number of benzene rings is 1. The molecule has 6 nitrogen and oxygen atoms in total. The van der Waals surface area contributed by atoms with Gasteiger partial charge in [0.05, 0.1) is 17.2 Å². The second-order valence-electron chi connectivity index (χ2n) is 4.39. The van der Waals surface area contributed by atoms with Crippen molar-refractivity contribution in [1.82, 2.24) is 10.3 Å². The lowest BCUT2D eigenvalue weighted by molar-refractivity contribution is -0.135. The lowest BCUT2D eigenvalue weighted by Gasteiger charge is -2.09. The summed E-state index contributed by atoms with van der Waals surface area (Å²) in [6.07, 6.45) is 0.856. The van der Waals surface area contributed by atoms with Crippen molar-refractivity contribution in [2.24, 2.45) is 0 Å². The van der Waals surface area contributed by atoms with Crippen LogP contribution in [0.3, 0.4) is 0 Å². The van der Waals surface area contributed by atoms with Crippen LogP contribution in [0.5, 0.6) is 0 Å². The van der Waals surface area contributed by atoms with Crippen LogP contribution in [0.1, 0.15) is 28.9 Å². The molecule has 0 aliphatic rings. The van der Waals surface area contributed by atoms with Gasteiger partial charge in [-0.2, -0.15) is 0 Å². The van der Waals surface area contributed by atoms with Gasteiger partial charge in [0, 0.05) is 11.6 Å². The number of carbonyl (C=O) groups excluding carboxylic acids is 1. The van der Waals surface area contributed by atoms with E-state index in [9.17, 15) is 14.7 Å². The summed E-state index contributed by atoms with van der Waals surface area (Å²) in [6.45, 7) is 1.21. The fourth-order valence-electron chi connectivity index (χ4n) is 1.87. The Bertz CT molecular complexity index is 667. The number of nitrogens with one attached hydrogen (secondary N) is 1. The molecule has 2 aromatic rings. The molecule has 6 heteroatoms. The van der Waals surface area contributed by atoms with Gasteiger partial charge >= 0.3 is 5.97 Å². The van der Waals surface area contributed by atoms with Gasteiger partial charge in [0.2, 0.25) is 0 Å². The number of aliphatic hydroxyl groups excluding tert-OH is 1. The molecule has 20 heavy (non-hydrogen) atoms. The number of amides is 1. The van der Waals surface area contributed by atoms with Crippen molar-refractivity contribution in [3.8, 4) is 0 Å². The number of rotatable bonds is 4. The Hall–Kier alpha value is -2.47. The molecule has 0 radical (unpaired) electrons. The molecule has 1 amide bonds. The van der Waals surface area contributed by atoms with Gasteiger partial charge in [-0.1, -0.05) is 12.1 Å². The van der Waals surface area contributed by atoms with E-state index in [4.69, 9.17) is 5.11 Å². The van der Waals surface area contributed by atoms with Crippen molar-refractivity contribution < 1.29 is 19.8 Å². The largest absolute Gasteiger partial charge is 0.480 e. The first-order valence-electron chi connectivity index (χ1n) is 6.06. The first-order valence-corrected chi connectivity index (χ1v) is 6.06. The van der Waals surface area contributed by atoms with E-state index in [1.54, 1.807) is 25.1 Å². The average molecular weight is 274 g/mol. The van der Waals surface area contributed by atoms with Gasteiger partial charge in [-0.05, 0) is 24.6 Å². The average Bonchev–Trinajstić information content (AvgIpc) is 2.43. The predicted octanol–water partition coefficient (Wildman–Crippen LogP) is 1.10. The van der Waals surface area contributed by atoms with Gasteiger partial charge in [0.25, 0.3) is 5.91 Å². The van der Waals surface area contributed by atoms with Crippen molar-refractivity contribution in [3.05, 3.63) is 41.6 Å². The van der Waals surface area contributed by atoms with Crippen LogP contribution in [0.4, 0.5) is 0 Å². The number of carboxylic acid groups (broad SMARTS) is 1. The maximum Gasteiger partial charge on any atom is 0.322 e. The standard InChI is InChI=1S/C14H14N2O4/c1-8(17)9-2-3-10-11(4-5-15-12(10)6-9)14(20)16-7-13(18)19/h2-6,8,17H,7H2,1H3,(H,16,20)(H,18,19). The van der Waals surface area contributed by atoms with Gasteiger partial charge in [0.15, 0.2) is 0 Å². The van der Waals surface area contributed by atoms with E-state index in [2.05, 4.69) is 10.3 Å². The minimum Gasteiger partial charge on any atom is -0.480 e. The summed E-state index contributed by atoms with van der Waals surface area (Å²) in [5.74, 6) is -1.57. The molecule has 2 rings (SSSR count). The van der Waals surface area contributed by atoms with Crippen LogP contribution in [0.15, 0.2) is 30.5 Å². The van der Waals surface area contributed by atoms with Gasteiger partial charge in [-0.15, -0.1) is 0 Å². The third-order valence-electron chi connectivity index (χ3n) is 2.89. The van der Waals surface area contributed by atoms with Gasteiger partial charge in [0.1, 0.15) is 6.54 Å². The summed E-state index contributed by atoms with van der Waals surface area (Å²) in [4.78, 5) is 26.5. The summed E-state index contributed by atoms with van der Waals surface area (Å²) >= 11 is 0. The van der Waals surface area contributed by atoms with E-state index in [0.717, 1.165) is 0 Å². The lowest BCUT2D eigenvalue weighted by Crippen LogP contribution is -2.29. The quantitative estimate of drug-likeness (QED) is 0.775. The highest BCUT2D eigenvalue weighted by molar-refractivity contribution is 6.06. The Labute approximate surface area is 115 Å². The normalized spacial score (nSPS) is 12.1. The zero-order chi connectivity index (χ0) is 14.7. The maximum atomic E-state index is 11.9. The highest BCUT2D eigenvalue weighted by atomic mass is 16.4. The first-order chi connectivity index (χ1) is 9.49. The van der Waals surface area contributed by atoms with Crippen molar-refractivity contribution in [3.63, 3.8) is 0 Å². The second kappa shape index (κ2) is 5.66. The molecular weight excluding hydrogens is 260 g/mol. The molecule has 1 unspecified atom stereocenters. The van der Waals surface area contributed by atoms with Crippen molar-refractivity contribution in [2.45, 2.75) is 13.0 Å². The van der Waals surface area contributed by atoms with E-state index in [-0.39, 0.29) is 0 Å². The van der Waals surface area contributed by atoms with E-state index in [0.29, 0.717) is 22.0 Å². The van der Waals surface area contributed by atoms with Crippen LogP contribution >= 0.6 is 0 Å². The summed E-state index contributed by atoms with van der Waals surface area (Å²) in [5.41, 5.74) is 1.63. The lowest BCUT2D eigenvalue weighted by atomic mass is 10.0. The fraction of sp³-hybridized carbons (Fsp3) is 0.214. The number of hydrogen-bond donors (Lipinski definition) is 3. The number of nitrogens with zero attached hydrogens (tertiary/aromatic N) is 1. The zero-order valence-electron chi connectivity index (χ0n) is 10.8. The minimum atomic E-state index is -1.10. The van der Waals surface area contributed by atoms with Crippen LogP contribution in [0, 0.1) is 0 Å². The van der Waals surface area contributed by atoms with Crippen LogP contribution in [0.25, 0.3) is 10.9 Å². The topological polar surface area (TPSA) is 99.5 Å². The van der Waals surface area contributed by atoms with Crippen molar-refractivity contribution >= 4 is 22.8 Å². The summed E-state index contributed by atoms with van der Waals surface area (Å²) in [5, 5.41) is 21.0. The number of carboxylic acids is 1. The van der Waals surface area contributed by atoms with Crippen molar-refractivity contribution in [1.29, 1.82) is 0 Å². The maximum absolute atomic E-state index is 11.9. The molecule has 3 N–H and O–H groups in total. The van der Waals surface area contributed by atoms with E-state index in [1.165, 1.54) is 12.3 Å². The summed E-state index contributed by atoms with van der Waals surface area (Å²) in [6, 6.07) is 6.64. The number of fused-ring (bicyclic) bond motifs is 1. The monoisotopic (exact) mass is 274 g/mol. The number of carbonyl (C=O) groups is 2. The Morgan fingerprint density at radius 1 is 1.35 bits per heavy atom. The predicted molar refractivity (Wildman–Crippen MR) is 72.3 cm³/mol. The highest BCUT2D eigenvalue weighted by Crippen LogP contribution is 2.21. The molecule has 0 fully saturated rings. The second-order valence-corrected chi connectivity index (χ2v) is 4.39. The van der Waals surface area contributed by atoms with Crippen LogP contribution in [0.2, 0.25) is 0 Å². The van der Waals surface area contributed by atoms with Gasteiger partial charge in [-0.25, -0.2) is 0 Å². The third-order valence-corrected chi connectivity index (χ3v) is 2.89. The molecule has 0 aliphatic heterocycles. The Kier molecular flexibility index (Phi) is 3.95. The molecule has 0 spiro atoms. The Morgan fingerprint density at radius 2 is 2.10 bits per heavy atom. The molecule has 1 aromatic heterocycles. The van der Waals surface area contributed by atoms with Crippen LogP contribution in [-0.4, -0.2) is 33.6 Å². The number of aliphatic carboxylic acids is 1. The Balaban J connectivity index is 2.39. The molecule has 1 aromatic carbocycles. The van der Waals surface area contributed by atoms with E-state index >= 15 is 0 Å². The van der Waals surface area contributed by atoms with Crippen molar-refractivity contribution in [2.75, 3.05) is 6.54 Å². The number of aromatic nitrogens is 1. The summed E-state index contributed by atoms with van der Waals surface area (Å²) < 4.78 is 0. The van der Waals surface area contributed by atoms with E-state index < -0.39 is 24.5 Å². The first kappa shape index (κ1) is 14.0. The highest BCUT2D eigenvalue weighted by Gasteiger charge is 2.12. The van der Waals surface area contributed by atoms with E-state index in [1.807, 2.05) is 0 Å². The molecule has 0 aliphatic carbocycles. The van der Waals surface area contributed by atoms with Gasteiger partial charge in [-0.3, -0.25) is 14.6 Å². The zero-order valence-corrected chi connectivity index (χ0v) is 10.8. The van der Waals surface area contributed by atoms with Crippen LogP contribution in [-0.2, 0) is 4.79 Å². The number of pyridine rings is 1. The third kappa shape index (κ3) is 2.92. The molecule has 1 heterocycles. The van der Waals surface area contributed by atoms with Crippen LogP contribution < -0.4 is 5.32 Å². The minimum absolute atomic E-state index is 0.355. The molecule has 104 valence electrons. The molecular formula is C14H14N2O4. The SMILES string of the molecule is CC(O)c1ccc2c(C(=O)NCC(=O)O)ccnc2c1. The number of aliphatic hydroxyl groups is 1. The summed E-state index contributed by atoms with van der Waals surface area (Å²) in [7, 11) is 0. The molecule has 0 saturated carbocycles. The Morgan fingerprint density at radius 3 is 2.75 bits per heavy atom. The number of hydrogen-bond acceptors (Lipinski definition) is 4. The smallest absolute Gasteiger partial charge is 0.322 e. The molecule has 0 saturated heterocycles. The fourth-order valence-corrected chi connectivity index (χ4v) is 1.87. The van der Waals surface area contributed by atoms with Gasteiger partial charge < -0.3 is 15.5 Å². The molecule has 0 bridgehead atoms. The molecule has 1 atom stereocenters.